The summed E-state index contributed by atoms with van der Waals surface area (Å²) in [5.74, 6) is -0.864. The fraction of sp³-hybridized carbons (Fsp3) is 0.0455. The van der Waals surface area contributed by atoms with Gasteiger partial charge in [0.05, 0.1) is 11.4 Å². The Balaban J connectivity index is 1.75. The minimum atomic E-state index is -0.616. The van der Waals surface area contributed by atoms with Gasteiger partial charge in [-0.1, -0.05) is 6.07 Å². The summed E-state index contributed by atoms with van der Waals surface area (Å²) < 4.78 is 33.0. The van der Waals surface area contributed by atoms with Crippen LogP contribution < -0.4 is 15.4 Å². The summed E-state index contributed by atoms with van der Waals surface area (Å²) in [6, 6.07) is 13.6. The van der Waals surface area contributed by atoms with Crippen LogP contribution in [0, 0.1) is 11.6 Å². The molecule has 2 amide bonds. The van der Waals surface area contributed by atoms with Crippen LogP contribution in [-0.4, -0.2) is 19.0 Å². The zero-order valence-electron chi connectivity index (χ0n) is 16.0. The van der Waals surface area contributed by atoms with Crippen molar-refractivity contribution in [3.63, 3.8) is 0 Å². The molecule has 6 nitrogen and oxygen atoms in total. The van der Waals surface area contributed by atoms with Crippen LogP contribution in [0.25, 0.3) is 0 Å². The van der Waals surface area contributed by atoms with Gasteiger partial charge in [-0.05, 0) is 56.1 Å². The lowest BCUT2D eigenvalue weighted by Crippen LogP contribution is -2.19. The van der Waals surface area contributed by atoms with Gasteiger partial charge in [0.1, 0.15) is 11.6 Å². The Hall–Kier alpha value is -4.07. The van der Waals surface area contributed by atoms with Gasteiger partial charge in [-0.3, -0.25) is 9.98 Å². The van der Waals surface area contributed by atoms with Crippen LogP contribution >= 0.6 is 0 Å². The predicted molar refractivity (Wildman–Crippen MR) is 115 cm³/mol. The number of halogens is 2. The number of ether oxygens (including phenoxy) is 1. The average Bonchev–Trinajstić information content (AvgIpc) is 2.71. The van der Waals surface area contributed by atoms with Gasteiger partial charge >= 0.3 is 6.03 Å². The molecule has 0 aliphatic rings. The van der Waals surface area contributed by atoms with Crippen molar-refractivity contribution < 1.29 is 18.3 Å². The Morgan fingerprint density at radius 1 is 1.00 bits per heavy atom. The molecular formula is C22H18F2N4O2. The van der Waals surface area contributed by atoms with E-state index in [4.69, 9.17) is 4.74 Å². The maximum absolute atomic E-state index is 14.2. The average molecular weight is 408 g/mol. The van der Waals surface area contributed by atoms with Crippen LogP contribution in [0.1, 0.15) is 6.92 Å². The first-order valence-corrected chi connectivity index (χ1v) is 8.89. The molecule has 0 atom stereocenters. The number of benzene rings is 3. The van der Waals surface area contributed by atoms with Crippen molar-refractivity contribution in [2.75, 3.05) is 10.6 Å². The first-order valence-electron chi connectivity index (χ1n) is 8.89. The molecular weight excluding hydrogens is 390 g/mol. The van der Waals surface area contributed by atoms with Gasteiger partial charge in [-0.15, -0.1) is 0 Å². The topological polar surface area (TPSA) is 75.1 Å². The van der Waals surface area contributed by atoms with E-state index in [9.17, 15) is 13.6 Å². The number of hydrogen-bond acceptors (Lipinski definition) is 4. The lowest BCUT2D eigenvalue weighted by molar-refractivity contribution is 0.262. The van der Waals surface area contributed by atoms with Crippen molar-refractivity contribution >= 4 is 41.7 Å². The van der Waals surface area contributed by atoms with Gasteiger partial charge in [0.25, 0.3) is 0 Å². The van der Waals surface area contributed by atoms with Crippen LogP contribution in [0.5, 0.6) is 11.5 Å². The van der Waals surface area contributed by atoms with E-state index in [1.807, 2.05) is 0 Å². The number of amides is 2. The number of carbonyl (C=O) groups is 1. The van der Waals surface area contributed by atoms with Crippen molar-refractivity contribution in [2.24, 2.45) is 9.98 Å². The quantitative estimate of drug-likeness (QED) is 0.460. The lowest BCUT2D eigenvalue weighted by atomic mass is 10.2. The molecule has 30 heavy (non-hydrogen) atoms. The molecule has 3 aromatic rings. The zero-order valence-corrected chi connectivity index (χ0v) is 16.0. The minimum absolute atomic E-state index is 0.0969. The van der Waals surface area contributed by atoms with Crippen LogP contribution in [0.2, 0.25) is 0 Å². The molecule has 0 aliphatic heterocycles. The Morgan fingerprint density at radius 2 is 1.77 bits per heavy atom. The number of urea groups is 1. The SMILES string of the molecule is C=Nc1cc(Oc2cc(NC(=O)Nc3cccc(F)c3)ccc2F)ccc1N=CC. The van der Waals surface area contributed by atoms with Crippen LogP contribution in [0.4, 0.5) is 36.3 Å². The summed E-state index contributed by atoms with van der Waals surface area (Å²) in [7, 11) is 0. The predicted octanol–water partition coefficient (Wildman–Crippen LogP) is 6.46. The first-order chi connectivity index (χ1) is 14.5. The molecule has 0 aromatic heterocycles. The molecule has 0 saturated carbocycles. The molecule has 0 saturated heterocycles. The molecule has 0 heterocycles. The number of aliphatic imine (C=N–C) groups is 2. The van der Waals surface area contributed by atoms with Gasteiger partial charge in [0.2, 0.25) is 0 Å². The molecule has 0 aliphatic carbocycles. The maximum atomic E-state index is 14.2. The Morgan fingerprint density at radius 3 is 2.47 bits per heavy atom. The van der Waals surface area contributed by atoms with E-state index < -0.39 is 17.7 Å². The summed E-state index contributed by atoms with van der Waals surface area (Å²) in [4.78, 5) is 20.2. The monoisotopic (exact) mass is 408 g/mol. The number of nitrogens with one attached hydrogen (secondary N) is 2. The fourth-order valence-electron chi connectivity index (χ4n) is 2.59. The summed E-state index contributed by atoms with van der Waals surface area (Å²) in [5.41, 5.74) is 1.65. The van der Waals surface area contributed by atoms with Crippen LogP contribution in [-0.2, 0) is 0 Å². The summed E-state index contributed by atoms with van der Waals surface area (Å²) in [5, 5.41) is 5.04. The molecule has 0 fully saturated rings. The third kappa shape index (κ3) is 5.26. The highest BCUT2D eigenvalue weighted by Gasteiger charge is 2.10. The van der Waals surface area contributed by atoms with E-state index in [-0.39, 0.29) is 17.1 Å². The Bertz CT molecular complexity index is 1120. The number of carbonyl (C=O) groups excluding carboxylic acids is 1. The number of nitrogens with zero attached hydrogens (tertiary/aromatic N) is 2. The highest BCUT2D eigenvalue weighted by Crippen LogP contribution is 2.34. The number of anilines is 2. The van der Waals surface area contributed by atoms with Crippen LogP contribution in [0.3, 0.4) is 0 Å². The number of rotatable bonds is 6. The fourth-order valence-corrected chi connectivity index (χ4v) is 2.59. The molecule has 0 bridgehead atoms. The second-order valence-electron chi connectivity index (χ2n) is 6.03. The zero-order chi connectivity index (χ0) is 21.5. The van der Waals surface area contributed by atoms with Crippen molar-refractivity contribution in [3.8, 4) is 11.5 Å². The van der Waals surface area contributed by atoms with Crippen molar-refractivity contribution in [1.29, 1.82) is 0 Å². The molecule has 0 radical (unpaired) electrons. The van der Waals surface area contributed by atoms with E-state index >= 15 is 0 Å². The van der Waals surface area contributed by atoms with E-state index in [0.29, 0.717) is 17.1 Å². The molecule has 2 N–H and O–H groups in total. The maximum Gasteiger partial charge on any atom is 0.323 e. The third-order valence-corrected chi connectivity index (χ3v) is 3.88. The van der Waals surface area contributed by atoms with E-state index in [1.54, 1.807) is 37.4 Å². The molecule has 8 heteroatoms. The normalized spacial score (nSPS) is 10.6. The van der Waals surface area contributed by atoms with Crippen molar-refractivity contribution in [1.82, 2.24) is 0 Å². The van der Waals surface area contributed by atoms with Crippen molar-refractivity contribution in [2.45, 2.75) is 6.92 Å². The van der Waals surface area contributed by atoms with E-state index in [2.05, 4.69) is 27.3 Å². The molecule has 3 rings (SSSR count). The summed E-state index contributed by atoms with van der Waals surface area (Å²) in [6.45, 7) is 5.27. The lowest BCUT2D eigenvalue weighted by Gasteiger charge is -2.12. The smallest absolute Gasteiger partial charge is 0.323 e. The highest BCUT2D eigenvalue weighted by atomic mass is 19.1. The second-order valence-corrected chi connectivity index (χ2v) is 6.03. The van der Waals surface area contributed by atoms with Gasteiger partial charge in [0.15, 0.2) is 11.6 Å². The molecule has 152 valence electrons. The van der Waals surface area contributed by atoms with Crippen LogP contribution in [0.15, 0.2) is 70.6 Å². The standard InChI is InChI=1S/C22H18F2N4O2/c1-3-26-19-10-8-17(13-20(19)25-2)30-21-12-16(7-9-18(21)24)28-22(29)27-15-6-4-5-14(23)11-15/h3-13H,2H2,1H3,(H2,27,28,29). The van der Waals surface area contributed by atoms with Gasteiger partial charge in [-0.25, -0.2) is 13.6 Å². The second kappa shape index (κ2) is 9.42. The largest absolute Gasteiger partial charge is 0.454 e. The Labute approximate surface area is 172 Å². The van der Waals surface area contributed by atoms with Gasteiger partial charge < -0.3 is 15.4 Å². The third-order valence-electron chi connectivity index (χ3n) is 3.88. The minimum Gasteiger partial charge on any atom is -0.454 e. The summed E-state index contributed by atoms with van der Waals surface area (Å²) in [6.07, 6.45) is 1.62. The molecule has 0 unspecified atom stereocenters. The molecule has 0 spiro atoms. The van der Waals surface area contributed by atoms with Gasteiger partial charge in [-0.2, -0.15) is 0 Å². The van der Waals surface area contributed by atoms with Crippen molar-refractivity contribution in [3.05, 3.63) is 72.3 Å². The van der Waals surface area contributed by atoms with Gasteiger partial charge in [0, 0.05) is 29.7 Å². The van der Waals surface area contributed by atoms with E-state index in [1.165, 1.54) is 30.3 Å². The number of hydrogen-bond donors (Lipinski definition) is 2. The Kier molecular flexibility index (Phi) is 6.49. The highest BCUT2D eigenvalue weighted by molar-refractivity contribution is 5.99. The van der Waals surface area contributed by atoms with E-state index in [0.717, 1.165) is 6.07 Å². The first kappa shape index (κ1) is 20.7. The summed E-state index contributed by atoms with van der Waals surface area (Å²) >= 11 is 0. The molecule has 3 aromatic carbocycles.